The summed E-state index contributed by atoms with van der Waals surface area (Å²) in [4.78, 5) is 0. The highest BCUT2D eigenvalue weighted by Gasteiger charge is 2.11. The van der Waals surface area contributed by atoms with Gasteiger partial charge in [-0.05, 0) is 40.7 Å². The highest BCUT2D eigenvalue weighted by atomic mass is 14.1. The van der Waals surface area contributed by atoms with Crippen LogP contribution in [0.1, 0.15) is 31.7 Å². The third kappa shape index (κ3) is 3.71. The Morgan fingerprint density at radius 2 is 1.09 bits per heavy atom. The van der Waals surface area contributed by atoms with E-state index in [2.05, 4.69) is 85.8 Å². The minimum absolute atomic E-state index is 1.14. The first kappa shape index (κ1) is 15.6. The quantitative estimate of drug-likeness (QED) is 0.441. The average Bonchev–Trinajstić information content (AvgIpc) is 2.63. The van der Waals surface area contributed by atoms with Crippen LogP contribution in [0.5, 0.6) is 0 Å². The standard InChI is InChI=1S/C23H24/c1-2-3-6-16-23-21(19-12-7-4-8-13-19)17-11-18-22(23)20-14-9-5-10-15-20/h4-5,7-15,17-18H,2-3,6,16H2,1H3. The molecule has 0 fully saturated rings. The van der Waals surface area contributed by atoms with Gasteiger partial charge in [0, 0.05) is 0 Å². The Bertz CT molecular complexity index is 669. The maximum absolute atomic E-state index is 2.27. The SMILES string of the molecule is CCCCCc1c(-c2ccccc2)cccc1-c1ccccc1. The Kier molecular flexibility index (Phi) is 5.26. The van der Waals surface area contributed by atoms with Crippen molar-refractivity contribution < 1.29 is 0 Å². The first-order chi connectivity index (χ1) is 11.4. The highest BCUT2D eigenvalue weighted by molar-refractivity contribution is 5.78. The summed E-state index contributed by atoms with van der Waals surface area (Å²) in [5.74, 6) is 0. The second-order valence-electron chi connectivity index (χ2n) is 6.02. The maximum atomic E-state index is 2.27. The molecule has 0 bridgehead atoms. The molecule has 0 saturated carbocycles. The summed E-state index contributed by atoms with van der Waals surface area (Å²) in [7, 11) is 0. The molecule has 0 N–H and O–H groups in total. The number of hydrogen-bond donors (Lipinski definition) is 0. The topological polar surface area (TPSA) is 0 Å². The lowest BCUT2D eigenvalue weighted by Gasteiger charge is -2.16. The number of benzene rings is 3. The van der Waals surface area contributed by atoms with Crippen molar-refractivity contribution in [3.05, 3.63) is 84.4 Å². The lowest BCUT2D eigenvalue weighted by atomic mass is 9.89. The molecule has 0 aliphatic carbocycles. The molecule has 3 aromatic rings. The second-order valence-corrected chi connectivity index (χ2v) is 6.02. The molecule has 0 amide bonds. The Balaban J connectivity index is 2.09. The van der Waals surface area contributed by atoms with E-state index in [0.717, 1.165) is 6.42 Å². The van der Waals surface area contributed by atoms with Crippen LogP contribution in [0, 0.1) is 0 Å². The molecule has 3 aromatic carbocycles. The van der Waals surface area contributed by atoms with E-state index in [4.69, 9.17) is 0 Å². The zero-order valence-corrected chi connectivity index (χ0v) is 13.8. The van der Waals surface area contributed by atoms with Gasteiger partial charge in [0.1, 0.15) is 0 Å². The first-order valence-electron chi connectivity index (χ1n) is 8.63. The van der Waals surface area contributed by atoms with Gasteiger partial charge in [0.15, 0.2) is 0 Å². The summed E-state index contributed by atoms with van der Waals surface area (Å²) in [6.07, 6.45) is 4.94. The summed E-state index contributed by atoms with van der Waals surface area (Å²) in [6.45, 7) is 2.27. The van der Waals surface area contributed by atoms with Gasteiger partial charge in [0.2, 0.25) is 0 Å². The van der Waals surface area contributed by atoms with Gasteiger partial charge in [-0.2, -0.15) is 0 Å². The molecule has 0 spiro atoms. The Morgan fingerprint density at radius 1 is 0.565 bits per heavy atom. The van der Waals surface area contributed by atoms with E-state index < -0.39 is 0 Å². The molecular weight excluding hydrogens is 276 g/mol. The molecular formula is C23H24. The molecule has 0 atom stereocenters. The third-order valence-corrected chi connectivity index (χ3v) is 4.38. The van der Waals surface area contributed by atoms with Crippen molar-refractivity contribution >= 4 is 0 Å². The van der Waals surface area contributed by atoms with Crippen LogP contribution in [0.4, 0.5) is 0 Å². The second kappa shape index (κ2) is 7.78. The van der Waals surface area contributed by atoms with Gasteiger partial charge in [-0.3, -0.25) is 0 Å². The van der Waals surface area contributed by atoms with Gasteiger partial charge in [-0.1, -0.05) is 98.6 Å². The number of unbranched alkanes of at least 4 members (excludes halogenated alkanes) is 2. The molecule has 23 heavy (non-hydrogen) atoms. The Hall–Kier alpha value is -2.34. The van der Waals surface area contributed by atoms with Crippen LogP contribution in [-0.4, -0.2) is 0 Å². The monoisotopic (exact) mass is 300 g/mol. The van der Waals surface area contributed by atoms with Gasteiger partial charge >= 0.3 is 0 Å². The summed E-state index contributed by atoms with van der Waals surface area (Å²) in [5.41, 5.74) is 6.87. The summed E-state index contributed by atoms with van der Waals surface area (Å²) in [6, 6.07) is 28.3. The molecule has 116 valence electrons. The van der Waals surface area contributed by atoms with Crippen molar-refractivity contribution in [1.29, 1.82) is 0 Å². The number of hydrogen-bond acceptors (Lipinski definition) is 0. The van der Waals surface area contributed by atoms with Gasteiger partial charge < -0.3 is 0 Å². The molecule has 3 rings (SSSR count). The smallest absolute Gasteiger partial charge is 0.0146 e. The lowest BCUT2D eigenvalue weighted by Crippen LogP contribution is -1.95. The van der Waals surface area contributed by atoms with Gasteiger partial charge in [0.05, 0.1) is 0 Å². The van der Waals surface area contributed by atoms with Crippen molar-refractivity contribution in [3.63, 3.8) is 0 Å². The van der Waals surface area contributed by atoms with Crippen LogP contribution in [0.3, 0.4) is 0 Å². The molecule has 0 radical (unpaired) electrons. The van der Waals surface area contributed by atoms with E-state index in [1.54, 1.807) is 0 Å². The lowest BCUT2D eigenvalue weighted by molar-refractivity contribution is 0.718. The van der Waals surface area contributed by atoms with Crippen molar-refractivity contribution in [3.8, 4) is 22.3 Å². The molecule has 0 heteroatoms. The highest BCUT2D eigenvalue weighted by Crippen LogP contribution is 2.33. The van der Waals surface area contributed by atoms with E-state index in [-0.39, 0.29) is 0 Å². The van der Waals surface area contributed by atoms with Crippen LogP contribution in [0.2, 0.25) is 0 Å². The van der Waals surface area contributed by atoms with Crippen molar-refractivity contribution in [2.75, 3.05) is 0 Å². The normalized spacial score (nSPS) is 10.7. The largest absolute Gasteiger partial charge is 0.0654 e. The van der Waals surface area contributed by atoms with Gasteiger partial charge in [0.25, 0.3) is 0 Å². The first-order valence-corrected chi connectivity index (χ1v) is 8.63. The van der Waals surface area contributed by atoms with Crippen LogP contribution < -0.4 is 0 Å². The maximum Gasteiger partial charge on any atom is -0.0146 e. The Morgan fingerprint density at radius 3 is 1.57 bits per heavy atom. The van der Waals surface area contributed by atoms with E-state index in [1.165, 1.54) is 47.1 Å². The third-order valence-electron chi connectivity index (χ3n) is 4.38. The van der Waals surface area contributed by atoms with Crippen molar-refractivity contribution in [2.45, 2.75) is 32.6 Å². The predicted molar refractivity (Wildman–Crippen MR) is 101 cm³/mol. The fourth-order valence-electron chi connectivity index (χ4n) is 3.18. The van der Waals surface area contributed by atoms with E-state index >= 15 is 0 Å². The van der Waals surface area contributed by atoms with Gasteiger partial charge in [-0.15, -0.1) is 0 Å². The molecule has 0 unspecified atom stereocenters. The van der Waals surface area contributed by atoms with Crippen LogP contribution in [-0.2, 0) is 6.42 Å². The van der Waals surface area contributed by atoms with E-state index in [9.17, 15) is 0 Å². The Labute approximate surface area is 139 Å². The van der Waals surface area contributed by atoms with Crippen LogP contribution in [0.15, 0.2) is 78.9 Å². The van der Waals surface area contributed by atoms with Crippen molar-refractivity contribution in [2.24, 2.45) is 0 Å². The zero-order chi connectivity index (χ0) is 15.9. The summed E-state index contributed by atoms with van der Waals surface area (Å²) < 4.78 is 0. The minimum Gasteiger partial charge on any atom is -0.0654 e. The summed E-state index contributed by atoms with van der Waals surface area (Å²) in [5, 5.41) is 0. The van der Waals surface area contributed by atoms with Crippen LogP contribution in [0.25, 0.3) is 22.3 Å². The minimum atomic E-state index is 1.14. The molecule has 0 nitrogen and oxygen atoms in total. The predicted octanol–water partition coefficient (Wildman–Crippen LogP) is 6.75. The molecule has 0 aliphatic heterocycles. The van der Waals surface area contributed by atoms with Crippen LogP contribution >= 0.6 is 0 Å². The zero-order valence-electron chi connectivity index (χ0n) is 13.8. The van der Waals surface area contributed by atoms with E-state index in [1.807, 2.05) is 0 Å². The average molecular weight is 300 g/mol. The van der Waals surface area contributed by atoms with Crippen molar-refractivity contribution in [1.82, 2.24) is 0 Å². The van der Waals surface area contributed by atoms with Gasteiger partial charge in [-0.25, -0.2) is 0 Å². The van der Waals surface area contributed by atoms with E-state index in [0.29, 0.717) is 0 Å². The molecule has 0 aliphatic rings. The fraction of sp³-hybridized carbons (Fsp3) is 0.217. The molecule has 0 aromatic heterocycles. The molecule has 0 saturated heterocycles. The number of rotatable bonds is 6. The summed E-state index contributed by atoms with van der Waals surface area (Å²) >= 11 is 0. The molecule has 0 heterocycles. The fourth-order valence-corrected chi connectivity index (χ4v) is 3.18.